The number of ether oxygens (including phenoxy) is 1. The third kappa shape index (κ3) is 3.62. The van der Waals surface area contributed by atoms with Crippen molar-refractivity contribution in [2.24, 2.45) is 0 Å². The Labute approximate surface area is 136 Å². The van der Waals surface area contributed by atoms with E-state index >= 15 is 0 Å². The molecule has 2 nitrogen and oxygen atoms in total. The van der Waals surface area contributed by atoms with Crippen molar-refractivity contribution in [3.8, 4) is 5.75 Å². The summed E-state index contributed by atoms with van der Waals surface area (Å²) in [6.45, 7) is 2.02. The second-order valence-electron chi connectivity index (χ2n) is 4.71. The number of benzene rings is 2. The van der Waals surface area contributed by atoms with Crippen molar-refractivity contribution in [1.29, 1.82) is 0 Å². The van der Waals surface area contributed by atoms with Crippen LogP contribution < -0.4 is 4.74 Å². The molecule has 2 aromatic rings. The Kier molecular flexibility index (Phi) is 5.24. The summed E-state index contributed by atoms with van der Waals surface area (Å²) < 4.78 is 7.04. The van der Waals surface area contributed by atoms with Gasteiger partial charge in [-0.05, 0) is 52.2 Å². The molecule has 1 unspecified atom stereocenters. The van der Waals surface area contributed by atoms with E-state index in [-0.39, 0.29) is 0 Å². The molecule has 1 N–H and O–H groups in total. The molecule has 0 aliphatic rings. The zero-order chi connectivity index (χ0) is 14.7. The van der Waals surface area contributed by atoms with Crippen molar-refractivity contribution in [3.05, 3.63) is 62.0 Å². The highest BCUT2D eigenvalue weighted by Crippen LogP contribution is 2.30. The summed E-state index contributed by atoms with van der Waals surface area (Å²) in [4.78, 5) is 0. The Hall–Kier alpha value is -0.840. The fourth-order valence-electron chi connectivity index (χ4n) is 2.09. The molecule has 0 aromatic heterocycles. The summed E-state index contributed by atoms with van der Waals surface area (Å²) in [6.07, 6.45) is 0.0227. The summed E-state index contributed by atoms with van der Waals surface area (Å²) in [5.41, 5.74) is 3.11. The molecule has 0 amide bonds. The van der Waals surface area contributed by atoms with Crippen molar-refractivity contribution in [3.63, 3.8) is 0 Å². The quantitative estimate of drug-likeness (QED) is 0.799. The SMILES string of the molecule is COc1ccc(CC(O)c2cc(C)ccc2Br)cc1Br. The molecule has 2 rings (SSSR count). The number of aryl methyl sites for hydroxylation is 1. The molecule has 0 saturated carbocycles. The van der Waals surface area contributed by atoms with Crippen LogP contribution in [0.4, 0.5) is 0 Å². The lowest BCUT2D eigenvalue weighted by atomic mass is 10.00. The van der Waals surface area contributed by atoms with Gasteiger partial charge in [0.1, 0.15) is 5.75 Å². The number of halogens is 2. The standard InChI is InChI=1S/C16H16Br2O2/c1-10-3-5-13(17)12(7-10)15(19)9-11-4-6-16(20-2)14(18)8-11/h3-8,15,19H,9H2,1-2H3. The van der Waals surface area contributed by atoms with Crippen LogP contribution in [0.5, 0.6) is 5.75 Å². The van der Waals surface area contributed by atoms with E-state index in [2.05, 4.69) is 31.9 Å². The van der Waals surface area contributed by atoms with Gasteiger partial charge in [-0.3, -0.25) is 0 Å². The van der Waals surface area contributed by atoms with Crippen molar-refractivity contribution in [1.82, 2.24) is 0 Å². The Morgan fingerprint density at radius 3 is 2.50 bits per heavy atom. The molecule has 4 heteroatoms. The molecule has 20 heavy (non-hydrogen) atoms. The number of rotatable bonds is 4. The summed E-state index contributed by atoms with van der Waals surface area (Å²) in [7, 11) is 1.64. The Balaban J connectivity index is 2.21. The normalized spacial score (nSPS) is 12.2. The predicted octanol–water partition coefficient (Wildman–Crippen LogP) is 4.80. The van der Waals surface area contributed by atoms with Crippen molar-refractivity contribution >= 4 is 31.9 Å². The van der Waals surface area contributed by atoms with E-state index in [0.717, 1.165) is 31.4 Å². The first-order valence-corrected chi connectivity index (χ1v) is 7.86. The first-order chi connectivity index (χ1) is 9.51. The molecule has 106 valence electrons. The topological polar surface area (TPSA) is 29.5 Å². The van der Waals surface area contributed by atoms with Crippen LogP contribution >= 0.6 is 31.9 Å². The fraction of sp³-hybridized carbons (Fsp3) is 0.250. The van der Waals surface area contributed by atoms with Crippen LogP contribution in [0.25, 0.3) is 0 Å². The predicted molar refractivity (Wildman–Crippen MR) is 88.2 cm³/mol. The van der Waals surface area contributed by atoms with E-state index in [0.29, 0.717) is 6.42 Å². The molecule has 0 spiro atoms. The van der Waals surface area contributed by atoms with Gasteiger partial charge in [-0.25, -0.2) is 0 Å². The lowest BCUT2D eigenvalue weighted by Crippen LogP contribution is -2.03. The van der Waals surface area contributed by atoms with Gasteiger partial charge in [0.05, 0.1) is 17.7 Å². The fourth-order valence-corrected chi connectivity index (χ4v) is 3.19. The summed E-state index contributed by atoms with van der Waals surface area (Å²) in [5, 5.41) is 10.4. The average molecular weight is 400 g/mol. The number of aliphatic hydroxyl groups excluding tert-OH is 1. The molecule has 0 saturated heterocycles. The highest BCUT2D eigenvalue weighted by molar-refractivity contribution is 9.10. The van der Waals surface area contributed by atoms with Gasteiger partial charge in [0.15, 0.2) is 0 Å². The first kappa shape index (κ1) is 15.5. The Bertz CT molecular complexity index is 611. The average Bonchev–Trinajstić information content (AvgIpc) is 2.41. The number of hydrogen-bond donors (Lipinski definition) is 1. The molecule has 0 bridgehead atoms. The zero-order valence-corrected chi connectivity index (χ0v) is 14.5. The lowest BCUT2D eigenvalue weighted by molar-refractivity contribution is 0.177. The molecule has 1 atom stereocenters. The van der Waals surface area contributed by atoms with Crippen LogP contribution in [0.15, 0.2) is 45.3 Å². The Morgan fingerprint density at radius 2 is 1.85 bits per heavy atom. The maximum Gasteiger partial charge on any atom is 0.133 e. The minimum Gasteiger partial charge on any atom is -0.496 e. The van der Waals surface area contributed by atoms with E-state index in [1.165, 1.54) is 0 Å². The molecular weight excluding hydrogens is 384 g/mol. The molecule has 0 aliphatic carbocycles. The number of aliphatic hydroxyl groups is 1. The Morgan fingerprint density at radius 1 is 1.10 bits per heavy atom. The van der Waals surface area contributed by atoms with Gasteiger partial charge in [0.2, 0.25) is 0 Å². The van der Waals surface area contributed by atoms with E-state index in [9.17, 15) is 5.11 Å². The minimum absolute atomic E-state index is 0.537. The monoisotopic (exact) mass is 398 g/mol. The molecule has 0 radical (unpaired) electrons. The van der Waals surface area contributed by atoms with Crippen LogP contribution in [0, 0.1) is 6.92 Å². The largest absolute Gasteiger partial charge is 0.496 e. The maximum atomic E-state index is 10.4. The van der Waals surface area contributed by atoms with Gasteiger partial charge in [0.25, 0.3) is 0 Å². The molecule has 0 aliphatic heterocycles. The van der Waals surface area contributed by atoms with Gasteiger partial charge < -0.3 is 9.84 Å². The van der Waals surface area contributed by atoms with Crippen molar-refractivity contribution in [2.45, 2.75) is 19.4 Å². The van der Waals surface area contributed by atoms with Gasteiger partial charge in [0, 0.05) is 10.9 Å². The van der Waals surface area contributed by atoms with Gasteiger partial charge >= 0.3 is 0 Å². The van der Waals surface area contributed by atoms with Crippen LogP contribution in [0.3, 0.4) is 0 Å². The summed E-state index contributed by atoms with van der Waals surface area (Å²) in [6, 6.07) is 11.8. The smallest absolute Gasteiger partial charge is 0.133 e. The van der Waals surface area contributed by atoms with Crippen LogP contribution in [-0.2, 0) is 6.42 Å². The molecule has 2 aromatic carbocycles. The third-order valence-electron chi connectivity index (χ3n) is 3.16. The number of methoxy groups -OCH3 is 1. The van der Waals surface area contributed by atoms with Gasteiger partial charge in [-0.2, -0.15) is 0 Å². The zero-order valence-electron chi connectivity index (χ0n) is 11.4. The highest BCUT2D eigenvalue weighted by atomic mass is 79.9. The molecule has 0 fully saturated rings. The second kappa shape index (κ2) is 6.74. The summed E-state index contributed by atoms with van der Waals surface area (Å²) >= 11 is 6.96. The van der Waals surface area contributed by atoms with Crippen molar-refractivity contribution < 1.29 is 9.84 Å². The number of hydrogen-bond acceptors (Lipinski definition) is 2. The van der Waals surface area contributed by atoms with Crippen LogP contribution in [0.1, 0.15) is 22.8 Å². The van der Waals surface area contributed by atoms with Gasteiger partial charge in [-0.15, -0.1) is 0 Å². The lowest BCUT2D eigenvalue weighted by Gasteiger charge is -2.14. The van der Waals surface area contributed by atoms with E-state index in [1.807, 2.05) is 43.3 Å². The highest BCUT2D eigenvalue weighted by Gasteiger charge is 2.13. The van der Waals surface area contributed by atoms with Crippen molar-refractivity contribution in [2.75, 3.05) is 7.11 Å². The van der Waals surface area contributed by atoms with E-state index in [4.69, 9.17) is 4.74 Å². The van der Waals surface area contributed by atoms with E-state index < -0.39 is 6.10 Å². The minimum atomic E-state index is -0.537. The molecular formula is C16H16Br2O2. The third-order valence-corrected chi connectivity index (χ3v) is 4.50. The summed E-state index contributed by atoms with van der Waals surface area (Å²) in [5.74, 6) is 0.792. The second-order valence-corrected chi connectivity index (χ2v) is 6.42. The van der Waals surface area contributed by atoms with Crippen LogP contribution in [-0.4, -0.2) is 12.2 Å². The van der Waals surface area contributed by atoms with Crippen LogP contribution in [0.2, 0.25) is 0 Å². The van der Waals surface area contributed by atoms with Gasteiger partial charge in [-0.1, -0.05) is 39.7 Å². The first-order valence-electron chi connectivity index (χ1n) is 6.28. The van der Waals surface area contributed by atoms with E-state index in [1.54, 1.807) is 7.11 Å². The maximum absolute atomic E-state index is 10.4. The molecule has 0 heterocycles.